The summed E-state index contributed by atoms with van der Waals surface area (Å²) in [7, 11) is 0. The van der Waals surface area contributed by atoms with Crippen LogP contribution in [0.5, 0.6) is 0 Å². The molecular formula is C14H9BrFN3O3. The molecule has 22 heavy (non-hydrogen) atoms. The number of pyridine rings is 1. The summed E-state index contributed by atoms with van der Waals surface area (Å²) in [6, 6.07) is 3.60. The van der Waals surface area contributed by atoms with Crippen molar-refractivity contribution < 1.29 is 14.0 Å². The number of nitrogens with one attached hydrogen (secondary N) is 1. The SMILES string of the molecule is Cc1c(F)ccc(-n2c(N)c3c(cc2=O)C(=O)NC3=O)c1Br. The Morgan fingerprint density at radius 2 is 1.91 bits per heavy atom. The van der Waals surface area contributed by atoms with Crippen LogP contribution < -0.4 is 16.6 Å². The molecule has 3 rings (SSSR count). The zero-order chi connectivity index (χ0) is 16.2. The summed E-state index contributed by atoms with van der Waals surface area (Å²) in [6.45, 7) is 1.54. The van der Waals surface area contributed by atoms with Gasteiger partial charge in [-0.1, -0.05) is 0 Å². The zero-order valence-electron chi connectivity index (χ0n) is 11.2. The number of nitrogens with zero attached hydrogens (tertiary/aromatic N) is 1. The van der Waals surface area contributed by atoms with Crippen LogP contribution in [-0.4, -0.2) is 16.4 Å². The first-order valence-corrected chi connectivity index (χ1v) is 6.98. The van der Waals surface area contributed by atoms with Crippen LogP contribution in [0.2, 0.25) is 0 Å². The number of amides is 2. The number of benzene rings is 1. The number of anilines is 1. The summed E-state index contributed by atoms with van der Waals surface area (Å²) in [5, 5.41) is 2.08. The van der Waals surface area contributed by atoms with Crippen molar-refractivity contribution in [1.82, 2.24) is 9.88 Å². The average Bonchev–Trinajstić information content (AvgIpc) is 2.73. The van der Waals surface area contributed by atoms with Crippen LogP contribution in [0.25, 0.3) is 5.69 Å². The molecular weight excluding hydrogens is 357 g/mol. The maximum Gasteiger partial charge on any atom is 0.262 e. The van der Waals surface area contributed by atoms with Crippen molar-refractivity contribution >= 4 is 33.6 Å². The van der Waals surface area contributed by atoms with Gasteiger partial charge in [-0.2, -0.15) is 0 Å². The van der Waals surface area contributed by atoms with E-state index >= 15 is 0 Å². The molecule has 0 saturated heterocycles. The van der Waals surface area contributed by atoms with Gasteiger partial charge in [-0.15, -0.1) is 0 Å². The zero-order valence-corrected chi connectivity index (χ0v) is 12.8. The highest BCUT2D eigenvalue weighted by Crippen LogP contribution is 2.29. The van der Waals surface area contributed by atoms with Crippen LogP contribution in [0.15, 0.2) is 27.5 Å². The number of nitrogen functional groups attached to an aromatic ring is 1. The molecule has 0 unspecified atom stereocenters. The van der Waals surface area contributed by atoms with E-state index in [0.29, 0.717) is 10.0 Å². The summed E-state index contributed by atoms with van der Waals surface area (Å²) < 4.78 is 15.0. The highest BCUT2D eigenvalue weighted by Gasteiger charge is 2.32. The first-order valence-electron chi connectivity index (χ1n) is 6.19. The third-order valence-electron chi connectivity index (χ3n) is 3.49. The van der Waals surface area contributed by atoms with Crippen LogP contribution in [0.3, 0.4) is 0 Å². The molecule has 0 radical (unpaired) electrons. The maximum atomic E-state index is 13.6. The van der Waals surface area contributed by atoms with Crippen molar-refractivity contribution in [3.8, 4) is 5.69 Å². The topological polar surface area (TPSA) is 94.2 Å². The fourth-order valence-electron chi connectivity index (χ4n) is 2.35. The molecule has 0 fully saturated rings. The average molecular weight is 366 g/mol. The molecule has 1 aromatic carbocycles. The van der Waals surface area contributed by atoms with E-state index < -0.39 is 23.2 Å². The van der Waals surface area contributed by atoms with Gasteiger partial charge < -0.3 is 5.73 Å². The highest BCUT2D eigenvalue weighted by molar-refractivity contribution is 9.10. The van der Waals surface area contributed by atoms with Gasteiger partial charge in [0.25, 0.3) is 17.4 Å². The van der Waals surface area contributed by atoms with Gasteiger partial charge in [0.2, 0.25) is 0 Å². The molecule has 112 valence electrons. The van der Waals surface area contributed by atoms with E-state index in [1.807, 2.05) is 0 Å². The smallest absolute Gasteiger partial charge is 0.262 e. The quantitative estimate of drug-likeness (QED) is 0.749. The van der Waals surface area contributed by atoms with Gasteiger partial charge in [-0.3, -0.25) is 24.3 Å². The number of aromatic nitrogens is 1. The molecule has 2 heterocycles. The Bertz CT molecular complexity index is 921. The first kappa shape index (κ1) is 14.5. The number of carbonyl (C=O) groups excluding carboxylic acids is 2. The van der Waals surface area contributed by atoms with Crippen LogP contribution in [0.1, 0.15) is 26.3 Å². The highest BCUT2D eigenvalue weighted by atomic mass is 79.9. The number of nitrogens with two attached hydrogens (primary N) is 1. The molecule has 1 aromatic heterocycles. The van der Waals surface area contributed by atoms with E-state index in [9.17, 15) is 18.8 Å². The number of hydrogen-bond donors (Lipinski definition) is 2. The molecule has 8 heteroatoms. The van der Waals surface area contributed by atoms with E-state index in [-0.39, 0.29) is 22.6 Å². The Labute approximate surface area is 131 Å². The van der Waals surface area contributed by atoms with Crippen molar-refractivity contribution in [2.75, 3.05) is 5.73 Å². The monoisotopic (exact) mass is 365 g/mol. The molecule has 2 aromatic rings. The molecule has 0 atom stereocenters. The van der Waals surface area contributed by atoms with Crippen LogP contribution in [-0.2, 0) is 0 Å². The van der Waals surface area contributed by atoms with Gasteiger partial charge in [0.1, 0.15) is 11.6 Å². The third-order valence-corrected chi connectivity index (χ3v) is 4.50. The van der Waals surface area contributed by atoms with E-state index in [4.69, 9.17) is 5.73 Å². The van der Waals surface area contributed by atoms with Crippen LogP contribution in [0.4, 0.5) is 10.2 Å². The summed E-state index contributed by atoms with van der Waals surface area (Å²) in [4.78, 5) is 35.7. The summed E-state index contributed by atoms with van der Waals surface area (Å²) in [6.07, 6.45) is 0. The second-order valence-electron chi connectivity index (χ2n) is 4.78. The van der Waals surface area contributed by atoms with Gasteiger partial charge in [0.05, 0.1) is 16.8 Å². The van der Waals surface area contributed by atoms with Crippen LogP contribution >= 0.6 is 15.9 Å². The van der Waals surface area contributed by atoms with E-state index in [0.717, 1.165) is 10.6 Å². The molecule has 1 aliphatic rings. The predicted octanol–water partition coefficient (Wildman–Crippen LogP) is 1.51. The maximum absolute atomic E-state index is 13.6. The van der Waals surface area contributed by atoms with Crippen molar-refractivity contribution in [3.63, 3.8) is 0 Å². The predicted molar refractivity (Wildman–Crippen MR) is 80.6 cm³/mol. The third kappa shape index (κ3) is 1.87. The number of fused-ring (bicyclic) bond motifs is 1. The minimum Gasteiger partial charge on any atom is -0.384 e. The number of carbonyl (C=O) groups is 2. The van der Waals surface area contributed by atoms with E-state index in [1.54, 1.807) is 0 Å². The second-order valence-corrected chi connectivity index (χ2v) is 5.57. The van der Waals surface area contributed by atoms with Crippen molar-refractivity contribution in [3.05, 3.63) is 55.5 Å². The Kier molecular flexibility index (Phi) is 3.13. The Morgan fingerprint density at radius 1 is 1.23 bits per heavy atom. The molecule has 3 N–H and O–H groups in total. The Morgan fingerprint density at radius 3 is 2.59 bits per heavy atom. The normalized spacial score (nSPS) is 13.2. The van der Waals surface area contributed by atoms with Gasteiger partial charge in [-0.25, -0.2) is 4.39 Å². The second kappa shape index (κ2) is 4.77. The molecule has 0 spiro atoms. The fraction of sp³-hybridized carbons (Fsp3) is 0.0714. The van der Waals surface area contributed by atoms with Gasteiger partial charge in [0.15, 0.2) is 0 Å². The van der Waals surface area contributed by atoms with Crippen LogP contribution in [0, 0.1) is 12.7 Å². The molecule has 1 aliphatic heterocycles. The largest absolute Gasteiger partial charge is 0.384 e. The number of hydrogen-bond acceptors (Lipinski definition) is 4. The number of rotatable bonds is 1. The lowest BCUT2D eigenvalue weighted by Crippen LogP contribution is -2.24. The minimum atomic E-state index is -0.666. The molecule has 0 aliphatic carbocycles. The molecule has 0 bridgehead atoms. The van der Waals surface area contributed by atoms with Gasteiger partial charge in [0, 0.05) is 16.1 Å². The standard InChI is InChI=1S/C14H9BrFN3O3/c1-5-7(16)2-3-8(11(5)15)19-9(20)4-6-10(12(19)17)14(22)18-13(6)21/h2-4H,17H2,1H3,(H,18,21,22). The minimum absolute atomic E-state index is 0.0568. The fourth-order valence-corrected chi connectivity index (χ4v) is 2.85. The lowest BCUT2D eigenvalue weighted by Gasteiger charge is -2.14. The van der Waals surface area contributed by atoms with Crippen molar-refractivity contribution in [2.24, 2.45) is 0 Å². The van der Waals surface area contributed by atoms with E-state index in [1.165, 1.54) is 19.1 Å². The van der Waals surface area contributed by atoms with E-state index in [2.05, 4.69) is 21.2 Å². The summed E-state index contributed by atoms with van der Waals surface area (Å²) in [5.74, 6) is -1.94. The summed E-state index contributed by atoms with van der Waals surface area (Å²) >= 11 is 3.22. The Balaban J connectivity index is 2.38. The first-order chi connectivity index (χ1) is 10.3. The lowest BCUT2D eigenvalue weighted by molar-refractivity contribution is 0.0880. The number of halogens is 2. The lowest BCUT2D eigenvalue weighted by atomic mass is 10.1. The van der Waals surface area contributed by atoms with Crippen molar-refractivity contribution in [1.29, 1.82) is 0 Å². The van der Waals surface area contributed by atoms with Gasteiger partial charge >= 0.3 is 0 Å². The number of imide groups is 1. The molecule has 6 nitrogen and oxygen atoms in total. The molecule has 0 saturated carbocycles. The Hall–Kier alpha value is -2.48. The van der Waals surface area contributed by atoms with Gasteiger partial charge in [-0.05, 0) is 35.0 Å². The molecule has 2 amide bonds. The van der Waals surface area contributed by atoms with Crippen molar-refractivity contribution in [2.45, 2.75) is 6.92 Å². The summed E-state index contributed by atoms with van der Waals surface area (Å²) in [5.41, 5.74) is 5.79.